The van der Waals surface area contributed by atoms with Gasteiger partial charge in [-0.2, -0.15) is 0 Å². The lowest BCUT2D eigenvalue weighted by atomic mass is 10.0. The Balaban J connectivity index is 4.25. The third-order valence-corrected chi connectivity index (χ3v) is 15.6. The van der Waals surface area contributed by atoms with Crippen LogP contribution in [0, 0.1) is 0 Å². The molecule has 0 saturated heterocycles. The summed E-state index contributed by atoms with van der Waals surface area (Å²) in [7, 11) is 0. The van der Waals surface area contributed by atoms with Crippen LogP contribution in [0.25, 0.3) is 0 Å². The van der Waals surface area contributed by atoms with Crippen molar-refractivity contribution < 1.29 is 28.6 Å². The summed E-state index contributed by atoms with van der Waals surface area (Å²) in [5.41, 5.74) is 0. The molecule has 6 nitrogen and oxygen atoms in total. The van der Waals surface area contributed by atoms with Gasteiger partial charge >= 0.3 is 17.9 Å². The normalized spacial score (nSPS) is 12.7. The fourth-order valence-electron chi connectivity index (χ4n) is 10.3. The monoisotopic (exact) mass is 1160 g/mol. The summed E-state index contributed by atoms with van der Waals surface area (Å²) in [6.45, 7) is 6.52. The number of carbonyl (C=O) groups is 3. The second-order valence-electron chi connectivity index (χ2n) is 23.8. The molecule has 0 N–H and O–H groups in total. The van der Waals surface area contributed by atoms with Gasteiger partial charge in [-0.15, -0.1) is 0 Å². The minimum Gasteiger partial charge on any atom is -0.462 e. The number of hydrogen-bond acceptors (Lipinski definition) is 6. The lowest BCUT2D eigenvalue weighted by Crippen LogP contribution is -2.30. The molecule has 0 saturated carbocycles. The van der Waals surface area contributed by atoms with E-state index in [4.69, 9.17) is 14.2 Å². The first kappa shape index (κ1) is 79.3. The Labute approximate surface area is 515 Å². The number of hydrogen-bond donors (Lipinski definition) is 0. The van der Waals surface area contributed by atoms with Crippen LogP contribution in [-0.2, 0) is 28.6 Å². The molecule has 0 aromatic carbocycles. The van der Waals surface area contributed by atoms with Gasteiger partial charge in [-0.05, 0) is 83.5 Å². The number of ether oxygens (including phenoxy) is 3. The molecule has 0 spiro atoms. The van der Waals surface area contributed by atoms with Crippen molar-refractivity contribution >= 4 is 17.9 Å². The first-order valence-electron chi connectivity index (χ1n) is 35.7. The summed E-state index contributed by atoms with van der Waals surface area (Å²) in [5, 5.41) is 0. The number of rotatable bonds is 65. The lowest BCUT2D eigenvalue weighted by Gasteiger charge is -2.18. The molecule has 478 valence electrons. The summed E-state index contributed by atoms with van der Waals surface area (Å²) in [4.78, 5) is 38.3. The average Bonchev–Trinajstić information content (AvgIpc) is 3.48. The molecule has 1 unspecified atom stereocenters. The van der Waals surface area contributed by atoms with Gasteiger partial charge in [0.25, 0.3) is 0 Å². The Hall–Kier alpha value is -3.67. The topological polar surface area (TPSA) is 78.9 Å². The molecule has 0 heterocycles. The molecule has 0 aliphatic heterocycles. The van der Waals surface area contributed by atoms with Crippen molar-refractivity contribution in [2.24, 2.45) is 0 Å². The minimum absolute atomic E-state index is 0.0913. The number of carbonyl (C=O) groups excluding carboxylic acids is 3. The number of unbranched alkanes of at least 4 members (excludes halogenated alkanes) is 38. The largest absolute Gasteiger partial charge is 0.462 e. The van der Waals surface area contributed by atoms with Crippen molar-refractivity contribution in [1.82, 2.24) is 0 Å². The fourth-order valence-corrected chi connectivity index (χ4v) is 10.3. The summed E-state index contributed by atoms with van der Waals surface area (Å²) < 4.78 is 16.9. The van der Waals surface area contributed by atoms with Crippen molar-refractivity contribution in [3.05, 3.63) is 97.2 Å². The predicted octanol–water partition coefficient (Wildman–Crippen LogP) is 24.8. The van der Waals surface area contributed by atoms with E-state index in [1.165, 1.54) is 205 Å². The second-order valence-corrected chi connectivity index (χ2v) is 23.8. The van der Waals surface area contributed by atoms with Crippen molar-refractivity contribution in [2.75, 3.05) is 13.2 Å². The van der Waals surface area contributed by atoms with Crippen LogP contribution in [0.2, 0.25) is 0 Å². The molecule has 0 radical (unpaired) electrons. The molecular formula is C77H134O6. The van der Waals surface area contributed by atoms with Gasteiger partial charge in [-0.1, -0.05) is 349 Å². The van der Waals surface area contributed by atoms with Crippen LogP contribution in [0.5, 0.6) is 0 Å². The van der Waals surface area contributed by atoms with Crippen LogP contribution in [0.4, 0.5) is 0 Å². The highest BCUT2D eigenvalue weighted by Gasteiger charge is 2.19. The van der Waals surface area contributed by atoms with Crippen LogP contribution >= 0.6 is 0 Å². The molecule has 0 aliphatic rings. The Morgan fingerprint density at radius 3 is 0.735 bits per heavy atom. The van der Waals surface area contributed by atoms with E-state index in [-0.39, 0.29) is 37.5 Å². The van der Waals surface area contributed by atoms with E-state index in [9.17, 15) is 14.4 Å². The molecule has 0 fully saturated rings. The van der Waals surface area contributed by atoms with Crippen molar-refractivity contribution in [2.45, 2.75) is 361 Å². The first-order chi connectivity index (χ1) is 41.0. The molecule has 0 aromatic rings. The molecule has 83 heavy (non-hydrogen) atoms. The molecule has 0 aliphatic carbocycles. The highest BCUT2D eigenvalue weighted by Crippen LogP contribution is 2.18. The summed E-state index contributed by atoms with van der Waals surface area (Å²) in [5.74, 6) is -0.921. The van der Waals surface area contributed by atoms with Gasteiger partial charge in [0.05, 0.1) is 0 Å². The molecular weight excluding hydrogens is 1020 g/mol. The number of allylic oxidation sites excluding steroid dienone is 16. The highest BCUT2D eigenvalue weighted by atomic mass is 16.6. The molecule has 0 amide bonds. The van der Waals surface area contributed by atoms with E-state index >= 15 is 0 Å². The van der Waals surface area contributed by atoms with E-state index in [1.54, 1.807) is 0 Å². The van der Waals surface area contributed by atoms with Crippen LogP contribution < -0.4 is 0 Å². The Morgan fingerprint density at radius 1 is 0.253 bits per heavy atom. The third-order valence-electron chi connectivity index (χ3n) is 15.6. The Morgan fingerprint density at radius 2 is 0.470 bits per heavy atom. The maximum Gasteiger partial charge on any atom is 0.306 e. The second kappa shape index (κ2) is 70.8. The molecule has 1 atom stereocenters. The van der Waals surface area contributed by atoms with E-state index in [2.05, 4.69) is 118 Å². The zero-order valence-electron chi connectivity index (χ0n) is 54.9. The molecule has 0 aromatic heterocycles. The molecule has 0 bridgehead atoms. The van der Waals surface area contributed by atoms with Gasteiger partial charge in [-0.25, -0.2) is 0 Å². The molecule has 0 rings (SSSR count). The van der Waals surface area contributed by atoms with Crippen LogP contribution in [-0.4, -0.2) is 37.2 Å². The molecule has 6 heteroatoms. The smallest absolute Gasteiger partial charge is 0.306 e. The zero-order chi connectivity index (χ0) is 59.9. The highest BCUT2D eigenvalue weighted by molar-refractivity contribution is 5.71. The van der Waals surface area contributed by atoms with Crippen LogP contribution in [0.15, 0.2) is 97.2 Å². The maximum absolute atomic E-state index is 12.9. The van der Waals surface area contributed by atoms with Crippen molar-refractivity contribution in [3.8, 4) is 0 Å². The van der Waals surface area contributed by atoms with Crippen LogP contribution in [0.1, 0.15) is 355 Å². The standard InChI is InChI=1S/C77H134O6/c1-4-7-10-13-16-19-22-24-26-28-30-32-34-36-38-40-41-43-45-47-49-51-53-55-58-61-64-67-70-76(79)82-73-74(72-81-75(78)69-66-63-60-57-21-18-15-12-9-6-3)83-77(80)71-68-65-62-59-56-54-52-50-48-46-44-42-39-37-35-33-31-29-27-25-23-20-17-14-11-8-5-2/h8,11,17,20,25,27,31,33,37,39,44,46,50,52,56,59,74H,4-7,9-10,12-16,18-19,21-24,26,28-30,32,34-36,38,40-43,45,47-49,51,53-55,57-58,60-73H2,1-3H3/b11-8-,20-17-,27-25-,33-31-,39-37-,46-44-,52-50-,59-56-. The lowest BCUT2D eigenvalue weighted by molar-refractivity contribution is -0.167. The van der Waals surface area contributed by atoms with Crippen molar-refractivity contribution in [3.63, 3.8) is 0 Å². The quantitative estimate of drug-likeness (QED) is 0.0261. The van der Waals surface area contributed by atoms with E-state index in [0.29, 0.717) is 19.3 Å². The fraction of sp³-hybridized carbons (Fsp3) is 0.753. The minimum atomic E-state index is -0.800. The Bertz CT molecular complexity index is 1610. The predicted molar refractivity (Wildman–Crippen MR) is 362 cm³/mol. The summed E-state index contributed by atoms with van der Waals surface area (Å²) in [6.07, 6.45) is 96.0. The van der Waals surface area contributed by atoms with Crippen molar-refractivity contribution in [1.29, 1.82) is 0 Å². The van der Waals surface area contributed by atoms with E-state index in [1.807, 2.05) is 0 Å². The van der Waals surface area contributed by atoms with Gasteiger partial charge in [0.2, 0.25) is 0 Å². The van der Waals surface area contributed by atoms with Gasteiger partial charge in [-0.3, -0.25) is 14.4 Å². The maximum atomic E-state index is 12.9. The number of esters is 3. The summed E-state index contributed by atoms with van der Waals surface area (Å²) >= 11 is 0. The SMILES string of the molecule is CC/C=C\C/C=C\C/C=C\C/C=C\C/C=C\C/C=C\C/C=C\C/C=C\CCCCC(=O)OC(COC(=O)CCCCCCCCCCCC)COC(=O)CCCCCCCCCCCCCCCCCCCCCCCCCCCCCC. The summed E-state index contributed by atoms with van der Waals surface area (Å²) in [6, 6.07) is 0. The van der Waals surface area contributed by atoms with Gasteiger partial charge in [0.1, 0.15) is 13.2 Å². The van der Waals surface area contributed by atoms with Gasteiger partial charge < -0.3 is 14.2 Å². The van der Waals surface area contributed by atoms with Gasteiger partial charge in [0.15, 0.2) is 6.10 Å². The van der Waals surface area contributed by atoms with E-state index in [0.717, 1.165) is 103 Å². The zero-order valence-corrected chi connectivity index (χ0v) is 54.9. The average molecular weight is 1160 g/mol. The van der Waals surface area contributed by atoms with Crippen LogP contribution in [0.3, 0.4) is 0 Å². The van der Waals surface area contributed by atoms with Gasteiger partial charge in [0, 0.05) is 19.3 Å². The third kappa shape index (κ3) is 69.0. The van der Waals surface area contributed by atoms with E-state index < -0.39 is 6.10 Å². The Kier molecular flexibility index (Phi) is 67.7. The first-order valence-corrected chi connectivity index (χ1v) is 35.7.